The van der Waals surface area contributed by atoms with Crippen LogP contribution in [0.2, 0.25) is 0 Å². The second-order valence-corrected chi connectivity index (χ2v) is 7.41. The maximum absolute atomic E-state index is 5.08. The number of fused-ring (bicyclic) bond motifs is 2. The monoisotopic (exact) mass is 337 g/mol. The van der Waals surface area contributed by atoms with Crippen LogP contribution in [0.4, 0.5) is 5.69 Å². The van der Waals surface area contributed by atoms with Crippen molar-refractivity contribution < 1.29 is 0 Å². The highest BCUT2D eigenvalue weighted by atomic mass is 32.2. The van der Waals surface area contributed by atoms with E-state index in [9.17, 15) is 0 Å². The number of nitrogens with zero attached hydrogens (tertiary/aromatic N) is 3. The number of hydrogen-bond donors (Lipinski definition) is 0. The highest BCUT2D eigenvalue weighted by molar-refractivity contribution is 7.99. The number of hydrogen-bond acceptors (Lipinski definition) is 4. The molecule has 0 aliphatic carbocycles. The molecule has 2 aromatic carbocycles. The molecular weight excluding hydrogens is 314 g/mol. The van der Waals surface area contributed by atoms with E-state index < -0.39 is 0 Å². The fourth-order valence-electron chi connectivity index (χ4n) is 3.41. The third-order valence-electron chi connectivity index (χ3n) is 4.65. The van der Waals surface area contributed by atoms with Crippen molar-refractivity contribution in [3.05, 3.63) is 54.1 Å². The van der Waals surface area contributed by atoms with Gasteiger partial charge in [0, 0.05) is 41.5 Å². The molecule has 3 nitrogen and oxygen atoms in total. The van der Waals surface area contributed by atoms with E-state index in [0.717, 1.165) is 37.7 Å². The van der Waals surface area contributed by atoms with Crippen molar-refractivity contribution in [2.24, 2.45) is 4.99 Å². The maximum atomic E-state index is 5.08. The zero-order chi connectivity index (χ0) is 16.4. The molecule has 124 valence electrons. The zero-order valence-corrected chi connectivity index (χ0v) is 14.9. The molecule has 0 atom stereocenters. The standard InChI is InChI=1S/C20H23N3S/c1-2-11-22-12-14-23(15-13-22)20-16-7-3-5-9-18(16)24-19-10-6-4-8-17(19)21-20/h3-10H,2,11-15H2,1H3. The van der Waals surface area contributed by atoms with E-state index in [-0.39, 0.29) is 0 Å². The van der Waals surface area contributed by atoms with Crippen LogP contribution in [0.3, 0.4) is 0 Å². The molecule has 2 aliphatic rings. The molecule has 2 heterocycles. The first-order valence-electron chi connectivity index (χ1n) is 8.77. The minimum Gasteiger partial charge on any atom is -0.354 e. The maximum Gasteiger partial charge on any atom is 0.137 e. The van der Waals surface area contributed by atoms with E-state index in [1.165, 1.54) is 28.3 Å². The van der Waals surface area contributed by atoms with Gasteiger partial charge in [-0.2, -0.15) is 0 Å². The molecule has 0 bridgehead atoms. The van der Waals surface area contributed by atoms with Crippen molar-refractivity contribution in [1.29, 1.82) is 0 Å². The average molecular weight is 337 g/mol. The van der Waals surface area contributed by atoms with Crippen LogP contribution in [0, 0.1) is 0 Å². The summed E-state index contributed by atoms with van der Waals surface area (Å²) in [7, 11) is 0. The van der Waals surface area contributed by atoms with E-state index in [2.05, 4.69) is 65.3 Å². The fraction of sp³-hybridized carbons (Fsp3) is 0.350. The minimum atomic E-state index is 1.06. The molecule has 2 aromatic rings. The van der Waals surface area contributed by atoms with Crippen molar-refractivity contribution >= 4 is 23.3 Å². The summed E-state index contributed by atoms with van der Waals surface area (Å²) in [5, 5.41) is 0. The molecule has 24 heavy (non-hydrogen) atoms. The molecule has 1 fully saturated rings. The van der Waals surface area contributed by atoms with Crippen LogP contribution in [0.1, 0.15) is 18.9 Å². The predicted molar refractivity (Wildman–Crippen MR) is 102 cm³/mol. The molecular formula is C20H23N3S. The van der Waals surface area contributed by atoms with Crippen LogP contribution in [-0.4, -0.2) is 48.4 Å². The molecule has 0 radical (unpaired) electrons. The van der Waals surface area contributed by atoms with E-state index in [1.54, 1.807) is 0 Å². The Morgan fingerprint density at radius 3 is 2.42 bits per heavy atom. The number of rotatable bonds is 2. The largest absolute Gasteiger partial charge is 0.354 e. The van der Waals surface area contributed by atoms with Gasteiger partial charge in [0.1, 0.15) is 5.84 Å². The quantitative estimate of drug-likeness (QED) is 0.816. The van der Waals surface area contributed by atoms with Crippen LogP contribution in [0.5, 0.6) is 0 Å². The van der Waals surface area contributed by atoms with Gasteiger partial charge in [0.25, 0.3) is 0 Å². The normalized spacial score (nSPS) is 17.7. The summed E-state index contributed by atoms with van der Waals surface area (Å²) in [5.74, 6) is 1.14. The Labute approximate surface area is 148 Å². The lowest BCUT2D eigenvalue weighted by molar-refractivity contribution is 0.182. The average Bonchev–Trinajstić information content (AvgIpc) is 2.79. The minimum absolute atomic E-state index is 1.06. The molecule has 0 N–H and O–H groups in total. The first kappa shape index (κ1) is 15.7. The van der Waals surface area contributed by atoms with Crippen LogP contribution >= 0.6 is 11.8 Å². The van der Waals surface area contributed by atoms with E-state index in [0.29, 0.717) is 0 Å². The van der Waals surface area contributed by atoms with Gasteiger partial charge in [0.2, 0.25) is 0 Å². The SMILES string of the molecule is CCCN1CCN(C2=Nc3ccccc3Sc3ccccc32)CC1. The van der Waals surface area contributed by atoms with Gasteiger partial charge < -0.3 is 4.90 Å². The Kier molecular flexibility index (Phi) is 4.58. The Morgan fingerprint density at radius 1 is 0.917 bits per heavy atom. The van der Waals surface area contributed by atoms with Crippen molar-refractivity contribution in [3.63, 3.8) is 0 Å². The summed E-state index contributed by atoms with van der Waals surface area (Å²) in [6, 6.07) is 17.1. The Bertz CT molecular complexity index is 748. The molecule has 2 aliphatic heterocycles. The Morgan fingerprint density at radius 2 is 1.62 bits per heavy atom. The molecule has 0 unspecified atom stereocenters. The molecule has 4 rings (SSSR count). The highest BCUT2D eigenvalue weighted by Crippen LogP contribution is 2.40. The molecule has 4 heteroatoms. The van der Waals surface area contributed by atoms with E-state index in [4.69, 9.17) is 4.99 Å². The third-order valence-corrected chi connectivity index (χ3v) is 5.79. The lowest BCUT2D eigenvalue weighted by atomic mass is 10.1. The lowest BCUT2D eigenvalue weighted by Crippen LogP contribution is -2.49. The van der Waals surface area contributed by atoms with Crippen LogP contribution in [0.15, 0.2) is 63.3 Å². The van der Waals surface area contributed by atoms with Gasteiger partial charge in [-0.25, -0.2) is 4.99 Å². The van der Waals surface area contributed by atoms with Gasteiger partial charge in [0.15, 0.2) is 0 Å². The highest BCUT2D eigenvalue weighted by Gasteiger charge is 2.24. The molecule has 0 spiro atoms. The third kappa shape index (κ3) is 3.08. The summed E-state index contributed by atoms with van der Waals surface area (Å²) in [6.07, 6.45) is 1.23. The van der Waals surface area contributed by atoms with Crippen molar-refractivity contribution in [3.8, 4) is 0 Å². The number of aliphatic imine (C=N–C) groups is 1. The Balaban J connectivity index is 1.69. The predicted octanol–water partition coefficient (Wildman–Crippen LogP) is 4.26. The second-order valence-electron chi connectivity index (χ2n) is 6.33. The van der Waals surface area contributed by atoms with Crippen LogP contribution in [0.25, 0.3) is 0 Å². The fourth-order valence-corrected chi connectivity index (χ4v) is 4.43. The van der Waals surface area contributed by atoms with Crippen molar-refractivity contribution in [1.82, 2.24) is 9.80 Å². The van der Waals surface area contributed by atoms with E-state index in [1.807, 2.05) is 11.8 Å². The summed E-state index contributed by atoms with van der Waals surface area (Å²) >= 11 is 1.83. The van der Waals surface area contributed by atoms with Gasteiger partial charge >= 0.3 is 0 Å². The van der Waals surface area contributed by atoms with Crippen LogP contribution in [-0.2, 0) is 0 Å². The first-order chi connectivity index (χ1) is 11.8. The topological polar surface area (TPSA) is 18.8 Å². The smallest absolute Gasteiger partial charge is 0.137 e. The molecule has 0 amide bonds. The van der Waals surface area contributed by atoms with E-state index >= 15 is 0 Å². The van der Waals surface area contributed by atoms with Crippen molar-refractivity contribution in [2.45, 2.75) is 23.1 Å². The molecule has 0 aromatic heterocycles. The summed E-state index contributed by atoms with van der Waals surface area (Å²) in [4.78, 5) is 12.6. The summed E-state index contributed by atoms with van der Waals surface area (Å²) < 4.78 is 0. The molecule has 1 saturated heterocycles. The van der Waals surface area contributed by atoms with Gasteiger partial charge in [-0.15, -0.1) is 0 Å². The van der Waals surface area contributed by atoms with Gasteiger partial charge in [-0.05, 0) is 31.2 Å². The van der Waals surface area contributed by atoms with Gasteiger partial charge in [-0.1, -0.05) is 49.0 Å². The second kappa shape index (κ2) is 6.99. The summed E-state index contributed by atoms with van der Waals surface area (Å²) in [6.45, 7) is 7.83. The van der Waals surface area contributed by atoms with Gasteiger partial charge in [-0.3, -0.25) is 4.90 Å². The number of benzene rings is 2. The first-order valence-corrected chi connectivity index (χ1v) is 9.59. The zero-order valence-electron chi connectivity index (χ0n) is 14.1. The van der Waals surface area contributed by atoms with Crippen molar-refractivity contribution in [2.75, 3.05) is 32.7 Å². The van der Waals surface area contributed by atoms with Crippen LogP contribution < -0.4 is 0 Å². The number of amidine groups is 1. The number of piperazine rings is 1. The Hall–Kier alpha value is -1.78. The van der Waals surface area contributed by atoms with Gasteiger partial charge in [0.05, 0.1) is 5.69 Å². The lowest BCUT2D eigenvalue weighted by Gasteiger charge is -2.36. The summed E-state index contributed by atoms with van der Waals surface area (Å²) in [5.41, 5.74) is 2.35. The number of para-hydroxylation sites is 1. The molecule has 0 saturated carbocycles.